The van der Waals surface area contributed by atoms with Gasteiger partial charge >= 0.3 is 6.18 Å². The first-order valence-electron chi connectivity index (χ1n) is 11.2. The molecule has 8 nitrogen and oxygen atoms in total. The van der Waals surface area contributed by atoms with Gasteiger partial charge in [0.15, 0.2) is 0 Å². The standard InChI is InChI=1S/C25H19F4N3O5S/c26-17-3-6-21-15(10-17)11-22(37-21)32(38(35)36)24(7-8-24)23(34)31-12-14-1-5-20(33)18(9-14)19-4-2-16(13-30-19)25(27,28)29/h1-6,9-11,13,33H,7-8,12H2,(H,31,34)(H,35,36). The number of pyridine rings is 1. The maximum atomic E-state index is 13.6. The third kappa shape index (κ3) is 4.82. The topological polar surface area (TPSA) is 116 Å². The van der Waals surface area contributed by atoms with Gasteiger partial charge in [-0.3, -0.25) is 14.3 Å². The van der Waals surface area contributed by atoms with E-state index in [1.807, 2.05) is 0 Å². The van der Waals surface area contributed by atoms with Crippen LogP contribution in [0.2, 0.25) is 0 Å². The van der Waals surface area contributed by atoms with Crippen LogP contribution in [0.15, 0.2) is 65.2 Å². The number of anilines is 1. The molecule has 1 saturated carbocycles. The number of carbonyl (C=O) groups excluding carboxylic acids is 1. The quantitative estimate of drug-likeness (QED) is 0.217. The van der Waals surface area contributed by atoms with Gasteiger partial charge in [0.25, 0.3) is 11.3 Å². The number of alkyl halides is 3. The molecule has 0 aliphatic heterocycles. The number of fused-ring (bicyclic) bond motifs is 1. The molecule has 5 rings (SSSR count). The van der Waals surface area contributed by atoms with Gasteiger partial charge in [0.05, 0.1) is 11.3 Å². The Labute approximate surface area is 215 Å². The minimum Gasteiger partial charge on any atom is -0.507 e. The molecule has 0 bridgehead atoms. The molecule has 1 amide bonds. The van der Waals surface area contributed by atoms with Gasteiger partial charge in [0.1, 0.15) is 22.7 Å². The number of halogens is 4. The third-order valence-electron chi connectivity index (χ3n) is 6.24. The second-order valence-corrected chi connectivity index (χ2v) is 9.61. The Kier molecular flexibility index (Phi) is 6.35. The lowest BCUT2D eigenvalue weighted by Crippen LogP contribution is -2.49. The summed E-state index contributed by atoms with van der Waals surface area (Å²) in [7, 11) is 0. The third-order valence-corrected chi connectivity index (χ3v) is 7.08. The second kappa shape index (κ2) is 9.40. The van der Waals surface area contributed by atoms with Crippen molar-refractivity contribution in [2.75, 3.05) is 4.31 Å². The second-order valence-electron chi connectivity index (χ2n) is 8.79. The fraction of sp³-hybridized carbons (Fsp3) is 0.200. The summed E-state index contributed by atoms with van der Waals surface area (Å²) in [6.07, 6.45) is -3.38. The lowest BCUT2D eigenvalue weighted by atomic mass is 10.1. The van der Waals surface area contributed by atoms with Gasteiger partial charge in [-0.1, -0.05) is 6.07 Å². The fourth-order valence-electron chi connectivity index (χ4n) is 4.14. The summed E-state index contributed by atoms with van der Waals surface area (Å²) in [5.41, 5.74) is -1.26. The number of amides is 1. The molecule has 1 aliphatic carbocycles. The summed E-state index contributed by atoms with van der Waals surface area (Å²) < 4.78 is 80.9. The molecule has 0 spiro atoms. The number of phenolic OH excluding ortho intramolecular Hbond substituents is 1. The summed E-state index contributed by atoms with van der Waals surface area (Å²) in [6, 6.07) is 11.4. The van der Waals surface area contributed by atoms with Crippen molar-refractivity contribution < 1.29 is 40.6 Å². The molecule has 0 saturated heterocycles. The molecule has 3 N–H and O–H groups in total. The molecule has 1 atom stereocenters. The zero-order chi connectivity index (χ0) is 27.2. The Morgan fingerprint density at radius 1 is 1.13 bits per heavy atom. The SMILES string of the molecule is O=C(NCc1ccc(O)c(-c2ccc(C(F)(F)F)cn2)c1)C1(N(c2cc3cc(F)ccc3o2)S(=O)O)CC1. The van der Waals surface area contributed by atoms with Crippen LogP contribution in [0, 0.1) is 5.82 Å². The maximum Gasteiger partial charge on any atom is 0.417 e. The highest BCUT2D eigenvalue weighted by Gasteiger charge is 2.58. The van der Waals surface area contributed by atoms with Gasteiger partial charge in [0.2, 0.25) is 11.8 Å². The predicted octanol–water partition coefficient (Wildman–Crippen LogP) is 5.15. The van der Waals surface area contributed by atoms with E-state index in [9.17, 15) is 36.2 Å². The summed E-state index contributed by atoms with van der Waals surface area (Å²) in [5.74, 6) is -1.36. The molecular formula is C25H19F4N3O5S. The first-order valence-corrected chi connectivity index (χ1v) is 12.3. The number of nitrogens with zero attached hydrogens (tertiary/aromatic N) is 2. The number of carbonyl (C=O) groups is 1. The number of aromatic nitrogens is 1. The van der Waals surface area contributed by atoms with Crippen molar-refractivity contribution in [3.63, 3.8) is 0 Å². The van der Waals surface area contributed by atoms with E-state index in [-0.39, 0.29) is 47.9 Å². The van der Waals surface area contributed by atoms with Crippen molar-refractivity contribution in [2.24, 2.45) is 0 Å². The van der Waals surface area contributed by atoms with E-state index in [4.69, 9.17) is 4.42 Å². The number of phenols is 1. The van der Waals surface area contributed by atoms with Crippen LogP contribution >= 0.6 is 0 Å². The van der Waals surface area contributed by atoms with E-state index >= 15 is 0 Å². The van der Waals surface area contributed by atoms with Crippen molar-refractivity contribution in [1.82, 2.24) is 10.3 Å². The minimum atomic E-state index is -4.55. The van der Waals surface area contributed by atoms with Crippen LogP contribution in [-0.4, -0.2) is 30.3 Å². The van der Waals surface area contributed by atoms with E-state index in [0.717, 1.165) is 16.4 Å². The van der Waals surface area contributed by atoms with Gasteiger partial charge in [-0.15, -0.1) is 0 Å². The van der Waals surface area contributed by atoms with E-state index in [0.29, 0.717) is 17.1 Å². The van der Waals surface area contributed by atoms with Crippen LogP contribution in [0.3, 0.4) is 0 Å². The van der Waals surface area contributed by atoms with Crippen molar-refractivity contribution in [3.8, 4) is 17.0 Å². The van der Waals surface area contributed by atoms with Gasteiger partial charge in [-0.2, -0.15) is 13.2 Å². The lowest BCUT2D eigenvalue weighted by molar-refractivity contribution is -0.137. The van der Waals surface area contributed by atoms with Crippen molar-refractivity contribution in [1.29, 1.82) is 0 Å². The Bertz CT molecular complexity index is 1550. The molecule has 0 radical (unpaired) electrons. The monoisotopic (exact) mass is 549 g/mol. The molecule has 38 heavy (non-hydrogen) atoms. The highest BCUT2D eigenvalue weighted by atomic mass is 32.2. The molecule has 2 heterocycles. The first kappa shape index (κ1) is 25.7. The number of rotatable bonds is 7. The molecule has 13 heteroatoms. The van der Waals surface area contributed by atoms with Crippen molar-refractivity contribution in [3.05, 3.63) is 77.7 Å². The van der Waals surface area contributed by atoms with E-state index in [1.165, 1.54) is 42.5 Å². The predicted molar refractivity (Wildman–Crippen MR) is 130 cm³/mol. The van der Waals surface area contributed by atoms with Crippen LogP contribution < -0.4 is 9.62 Å². The molecule has 1 fully saturated rings. The molecule has 1 unspecified atom stereocenters. The molecule has 198 valence electrons. The van der Waals surface area contributed by atoms with Crippen molar-refractivity contribution >= 4 is 34.0 Å². The average molecular weight is 550 g/mol. The molecule has 1 aliphatic rings. The van der Waals surface area contributed by atoms with Crippen LogP contribution in [-0.2, 0) is 28.8 Å². The number of aromatic hydroxyl groups is 1. The highest BCUT2D eigenvalue weighted by Crippen LogP contribution is 2.46. The zero-order valence-corrected chi connectivity index (χ0v) is 20.1. The summed E-state index contributed by atoms with van der Waals surface area (Å²) in [4.78, 5) is 17.0. The highest BCUT2D eigenvalue weighted by molar-refractivity contribution is 7.80. The number of hydrogen-bond acceptors (Lipinski definition) is 5. The van der Waals surface area contributed by atoms with E-state index in [1.54, 1.807) is 0 Å². The Morgan fingerprint density at radius 2 is 1.89 bits per heavy atom. The number of furan rings is 1. The molecular weight excluding hydrogens is 530 g/mol. The largest absolute Gasteiger partial charge is 0.507 e. The summed E-state index contributed by atoms with van der Waals surface area (Å²) >= 11 is -2.64. The number of nitrogens with one attached hydrogen (secondary N) is 1. The molecule has 4 aromatic rings. The van der Waals surface area contributed by atoms with Gasteiger partial charge in [-0.05, 0) is 60.9 Å². The molecule has 2 aromatic carbocycles. The Balaban J connectivity index is 1.35. The normalized spacial score (nSPS) is 15.3. The molecule has 2 aromatic heterocycles. The van der Waals surface area contributed by atoms with Crippen LogP contribution in [0.1, 0.15) is 24.0 Å². The van der Waals surface area contributed by atoms with Crippen molar-refractivity contribution in [2.45, 2.75) is 31.1 Å². The smallest absolute Gasteiger partial charge is 0.417 e. The lowest BCUT2D eigenvalue weighted by Gasteiger charge is -2.26. The average Bonchev–Trinajstić information content (AvgIpc) is 3.55. The Hall–Kier alpha value is -3.97. The number of hydrogen-bond donors (Lipinski definition) is 3. The van der Waals surface area contributed by atoms with E-state index < -0.39 is 40.3 Å². The Morgan fingerprint density at radius 3 is 2.53 bits per heavy atom. The number of benzene rings is 2. The van der Waals surface area contributed by atoms with Gasteiger partial charge < -0.3 is 14.8 Å². The minimum absolute atomic E-state index is 0.0499. The van der Waals surface area contributed by atoms with Crippen LogP contribution in [0.25, 0.3) is 22.2 Å². The van der Waals surface area contributed by atoms with Crippen LogP contribution in [0.5, 0.6) is 5.75 Å². The summed E-state index contributed by atoms with van der Waals surface area (Å²) in [6.45, 7) is -0.0499. The fourth-order valence-corrected chi connectivity index (χ4v) is 4.95. The van der Waals surface area contributed by atoms with Crippen LogP contribution in [0.4, 0.5) is 23.4 Å². The summed E-state index contributed by atoms with van der Waals surface area (Å²) in [5, 5.41) is 13.3. The first-order chi connectivity index (χ1) is 18.0. The van der Waals surface area contributed by atoms with Gasteiger partial charge in [-0.25, -0.2) is 12.9 Å². The van der Waals surface area contributed by atoms with E-state index in [2.05, 4.69) is 10.3 Å². The maximum absolute atomic E-state index is 13.6. The zero-order valence-electron chi connectivity index (χ0n) is 19.3. The van der Waals surface area contributed by atoms with Gasteiger partial charge in [0, 0.05) is 29.8 Å².